The molecule has 0 spiro atoms. The molecule has 222 valence electrons. The fourth-order valence-electron chi connectivity index (χ4n) is 5.57. The van der Waals surface area contributed by atoms with Crippen molar-refractivity contribution >= 4 is 0 Å². The second-order valence-electron chi connectivity index (χ2n) is 12.6. The zero-order valence-electron chi connectivity index (χ0n) is 26.5. The Bertz CT molecular complexity index is 456. The van der Waals surface area contributed by atoms with Crippen molar-refractivity contribution in [2.45, 2.75) is 131 Å². The standard InChI is InChI=1S/C23H45N3.2C4H8.2CH3.Zr/c1-16-8-10-22(20(5)18(16)3)24-12-14-26(7)15-13-25-23-11-9-17(2)19(4)21(23)6;2*1-2-4-3-1;;;/h16-23,26H,7-15H2,1-6H3;2*1-4H2;2*1H3;/q-2;;;2*-1;. The average molecular weight is 597 g/mol. The fraction of sp³-hybridized carbons (Fsp3) is 0.909. The molecular formula is C33H67N3Zr-4. The number of nitrogens with one attached hydrogen (secondary N) is 1. The van der Waals surface area contributed by atoms with Crippen molar-refractivity contribution in [3.05, 3.63) is 32.5 Å². The van der Waals surface area contributed by atoms with Gasteiger partial charge in [0.25, 0.3) is 0 Å². The van der Waals surface area contributed by atoms with E-state index in [1.54, 1.807) is 0 Å². The molecule has 0 radical (unpaired) electrons. The number of hydrogen-bond donors (Lipinski definition) is 1. The van der Waals surface area contributed by atoms with Crippen molar-refractivity contribution in [1.82, 2.24) is 0 Å². The van der Waals surface area contributed by atoms with E-state index >= 15 is 0 Å². The van der Waals surface area contributed by atoms with Crippen LogP contribution in [0.5, 0.6) is 0 Å². The van der Waals surface area contributed by atoms with Crippen LogP contribution in [0.25, 0.3) is 10.6 Å². The topological polar surface area (TPSA) is 32.6 Å². The van der Waals surface area contributed by atoms with Gasteiger partial charge in [-0.1, -0.05) is 130 Å². The molecule has 0 aromatic rings. The van der Waals surface area contributed by atoms with Crippen LogP contribution in [0.1, 0.15) is 119 Å². The molecule has 4 aliphatic carbocycles. The second-order valence-corrected chi connectivity index (χ2v) is 12.6. The predicted octanol–water partition coefficient (Wildman–Crippen LogP) is 8.57. The molecule has 3 nitrogen and oxygen atoms in total. The maximum absolute atomic E-state index is 5.03. The third kappa shape index (κ3) is 14.8. The Labute approximate surface area is 255 Å². The van der Waals surface area contributed by atoms with Crippen molar-refractivity contribution in [1.29, 1.82) is 0 Å². The van der Waals surface area contributed by atoms with Crippen LogP contribution in [0, 0.1) is 57.4 Å². The second kappa shape index (κ2) is 22.5. The number of hydrogen-bond acceptors (Lipinski definition) is 0. The van der Waals surface area contributed by atoms with Crippen molar-refractivity contribution in [3.63, 3.8) is 0 Å². The molecule has 0 amide bonds. The zero-order chi connectivity index (χ0) is 24.9. The first kappa shape index (κ1) is 39.9. The van der Waals surface area contributed by atoms with E-state index in [2.05, 4.69) is 48.6 Å². The van der Waals surface area contributed by atoms with Gasteiger partial charge in [0.1, 0.15) is 0 Å². The van der Waals surface area contributed by atoms with Crippen LogP contribution in [0.4, 0.5) is 0 Å². The van der Waals surface area contributed by atoms with E-state index in [0.29, 0.717) is 12.1 Å². The Morgan fingerprint density at radius 2 is 0.838 bits per heavy atom. The van der Waals surface area contributed by atoms with Gasteiger partial charge in [-0.15, -0.1) is 25.2 Å². The summed E-state index contributed by atoms with van der Waals surface area (Å²) in [6, 6.07) is 1.15. The van der Waals surface area contributed by atoms with E-state index in [-0.39, 0.29) is 41.1 Å². The van der Waals surface area contributed by atoms with E-state index in [4.69, 9.17) is 10.6 Å². The van der Waals surface area contributed by atoms with Gasteiger partial charge in [-0.2, -0.15) is 7.05 Å². The zero-order valence-corrected chi connectivity index (χ0v) is 29.0. The van der Waals surface area contributed by atoms with Crippen molar-refractivity contribution in [3.8, 4) is 0 Å². The molecule has 37 heavy (non-hydrogen) atoms. The Kier molecular flexibility index (Phi) is 24.2. The summed E-state index contributed by atoms with van der Waals surface area (Å²) in [6.07, 6.45) is 17.3. The van der Waals surface area contributed by atoms with Gasteiger partial charge >= 0.3 is 0 Å². The van der Waals surface area contributed by atoms with Crippen LogP contribution < -0.4 is 4.90 Å². The Morgan fingerprint density at radius 3 is 1.11 bits per heavy atom. The van der Waals surface area contributed by atoms with Crippen LogP contribution in [0.3, 0.4) is 0 Å². The van der Waals surface area contributed by atoms with E-state index in [1.807, 2.05) is 0 Å². The Balaban J connectivity index is 0. The molecule has 4 heteroatoms. The Morgan fingerprint density at radius 1 is 0.541 bits per heavy atom. The van der Waals surface area contributed by atoms with Gasteiger partial charge in [-0.05, 0) is 23.7 Å². The molecule has 8 atom stereocenters. The minimum absolute atomic E-state index is 0. The third-order valence-electron chi connectivity index (χ3n) is 10.2. The summed E-state index contributed by atoms with van der Waals surface area (Å²) in [5.41, 5.74) is 0. The first-order valence-electron chi connectivity index (χ1n) is 15.3. The van der Waals surface area contributed by atoms with Crippen LogP contribution in [0.2, 0.25) is 0 Å². The summed E-state index contributed by atoms with van der Waals surface area (Å²) in [4.78, 5) is 1.34. The summed E-state index contributed by atoms with van der Waals surface area (Å²) < 4.78 is 0. The fourth-order valence-corrected chi connectivity index (χ4v) is 5.57. The van der Waals surface area contributed by atoms with Crippen LogP contribution in [0.15, 0.2) is 0 Å². The summed E-state index contributed by atoms with van der Waals surface area (Å²) in [7, 11) is 4.29. The SMILES string of the molecule is C1CCC1.C1CCC1.[CH2-][NH+](CC[N-]C1CCC(C)C(C)C1C)CC[N-]C1CCC(C)C(C)C1C.[CH3-].[CH3-].[Zr]. The van der Waals surface area contributed by atoms with E-state index in [9.17, 15) is 0 Å². The van der Waals surface area contributed by atoms with Crippen LogP contribution >= 0.6 is 0 Å². The minimum Gasteiger partial charge on any atom is -0.655 e. The van der Waals surface area contributed by atoms with Gasteiger partial charge in [-0.25, -0.2) is 0 Å². The van der Waals surface area contributed by atoms with E-state index in [0.717, 1.165) is 61.7 Å². The molecule has 0 bridgehead atoms. The molecule has 0 aliphatic heterocycles. The van der Waals surface area contributed by atoms with E-state index < -0.39 is 0 Å². The Hall–Kier alpha value is 0.763. The summed E-state index contributed by atoms with van der Waals surface area (Å²) in [6.45, 7) is 18.4. The molecule has 1 N–H and O–H groups in total. The predicted molar refractivity (Wildman–Crippen MR) is 163 cm³/mol. The number of quaternary nitrogens is 1. The monoisotopic (exact) mass is 595 g/mol. The average Bonchev–Trinajstić information content (AvgIpc) is 2.71. The molecule has 0 aromatic carbocycles. The van der Waals surface area contributed by atoms with Gasteiger partial charge in [0.05, 0.1) is 0 Å². The smallest absolute Gasteiger partial charge is 0.0338 e. The molecule has 0 aromatic heterocycles. The minimum atomic E-state index is 0. The molecule has 0 saturated heterocycles. The van der Waals surface area contributed by atoms with Gasteiger partial charge in [-0.3, -0.25) is 0 Å². The number of nitrogens with zero attached hydrogens (tertiary/aromatic N) is 2. The number of rotatable bonds is 8. The summed E-state index contributed by atoms with van der Waals surface area (Å²) in [5, 5.41) is 10.1. The molecule has 4 aliphatic rings. The maximum atomic E-state index is 5.03. The summed E-state index contributed by atoms with van der Waals surface area (Å²) >= 11 is 0. The first-order valence-corrected chi connectivity index (χ1v) is 15.3. The van der Waals surface area contributed by atoms with Gasteiger partial charge in [0, 0.05) is 39.3 Å². The van der Waals surface area contributed by atoms with Gasteiger partial charge < -0.3 is 30.4 Å². The van der Waals surface area contributed by atoms with Crippen LogP contribution in [-0.2, 0) is 26.2 Å². The maximum Gasteiger partial charge on any atom is 0.0338 e. The van der Waals surface area contributed by atoms with Gasteiger partial charge in [0.2, 0.25) is 0 Å². The normalized spacial score (nSPS) is 35.1. The van der Waals surface area contributed by atoms with Crippen molar-refractivity contribution in [2.24, 2.45) is 35.5 Å². The van der Waals surface area contributed by atoms with Crippen molar-refractivity contribution in [2.75, 3.05) is 26.2 Å². The molecule has 4 rings (SSSR count). The quantitative estimate of drug-likeness (QED) is 0.272. The largest absolute Gasteiger partial charge is 0.655 e. The van der Waals surface area contributed by atoms with Crippen LogP contribution in [-0.4, -0.2) is 38.3 Å². The molecule has 0 heterocycles. The molecular weight excluding hydrogens is 530 g/mol. The summed E-state index contributed by atoms with van der Waals surface area (Å²) in [5.74, 6) is 4.81. The first-order chi connectivity index (χ1) is 16.3. The van der Waals surface area contributed by atoms with Gasteiger partial charge in [0.15, 0.2) is 0 Å². The van der Waals surface area contributed by atoms with Crippen molar-refractivity contribution < 1.29 is 31.1 Å². The molecule has 4 saturated carbocycles. The van der Waals surface area contributed by atoms with E-state index in [1.165, 1.54) is 81.9 Å². The molecule has 8 unspecified atom stereocenters. The third-order valence-corrected chi connectivity index (χ3v) is 10.2. The molecule has 4 fully saturated rings.